The number of aliphatic hydroxyl groups excluding tert-OH is 1. The standard InChI is InChI=1S/C19H16O7/c1-8-4-10-13(21)7-16-11(18(10)26-19(8)24)6-15(23)17(25-16)9-2-3-12(20)14(22)5-9/h2-5,7,15,17,20-23H,6H2,1H3/t15-,17+/m0/s1. The van der Waals surface area contributed by atoms with Crippen LogP contribution in [-0.2, 0) is 6.42 Å². The summed E-state index contributed by atoms with van der Waals surface area (Å²) in [6.45, 7) is 1.59. The van der Waals surface area contributed by atoms with Crippen molar-refractivity contribution in [2.75, 3.05) is 0 Å². The molecule has 0 bridgehead atoms. The van der Waals surface area contributed by atoms with Crippen molar-refractivity contribution in [1.82, 2.24) is 0 Å². The number of hydrogen-bond donors (Lipinski definition) is 4. The average Bonchev–Trinajstić information content (AvgIpc) is 2.60. The first kappa shape index (κ1) is 16.3. The molecule has 0 saturated carbocycles. The Bertz CT molecular complexity index is 1080. The van der Waals surface area contributed by atoms with Gasteiger partial charge >= 0.3 is 5.63 Å². The number of aromatic hydroxyl groups is 3. The van der Waals surface area contributed by atoms with E-state index in [9.17, 15) is 25.2 Å². The van der Waals surface area contributed by atoms with Crippen molar-refractivity contribution in [1.29, 1.82) is 0 Å². The quantitative estimate of drug-likeness (QED) is 0.390. The van der Waals surface area contributed by atoms with E-state index >= 15 is 0 Å². The van der Waals surface area contributed by atoms with Gasteiger partial charge in [0.2, 0.25) is 0 Å². The van der Waals surface area contributed by atoms with Crippen LogP contribution in [0.3, 0.4) is 0 Å². The van der Waals surface area contributed by atoms with Crippen LogP contribution in [0, 0.1) is 6.92 Å². The molecule has 0 amide bonds. The predicted molar refractivity (Wildman–Crippen MR) is 91.7 cm³/mol. The molecule has 0 saturated heterocycles. The molecule has 134 valence electrons. The van der Waals surface area contributed by atoms with Crippen LogP contribution in [0.5, 0.6) is 23.0 Å². The second-order valence-electron chi connectivity index (χ2n) is 6.39. The van der Waals surface area contributed by atoms with Gasteiger partial charge in [-0.15, -0.1) is 0 Å². The number of phenolic OH excluding ortho intramolecular Hbond substituents is 3. The minimum absolute atomic E-state index is 0.103. The van der Waals surface area contributed by atoms with E-state index in [1.54, 1.807) is 6.92 Å². The fraction of sp³-hybridized carbons (Fsp3) is 0.211. The molecule has 7 nitrogen and oxygen atoms in total. The van der Waals surface area contributed by atoms with E-state index in [0.717, 1.165) is 0 Å². The summed E-state index contributed by atoms with van der Waals surface area (Å²) in [5.74, 6) is -0.425. The molecule has 2 heterocycles. The molecule has 0 spiro atoms. The molecule has 4 rings (SSSR count). The lowest BCUT2D eigenvalue weighted by Crippen LogP contribution is -2.30. The minimum atomic E-state index is -0.981. The Labute approximate surface area is 147 Å². The van der Waals surface area contributed by atoms with Crippen molar-refractivity contribution in [3.8, 4) is 23.0 Å². The van der Waals surface area contributed by atoms with E-state index in [2.05, 4.69) is 0 Å². The third-order valence-corrected chi connectivity index (χ3v) is 4.58. The molecule has 1 aliphatic rings. The van der Waals surface area contributed by atoms with Gasteiger partial charge in [0.15, 0.2) is 11.5 Å². The second-order valence-corrected chi connectivity index (χ2v) is 6.39. The molecule has 26 heavy (non-hydrogen) atoms. The van der Waals surface area contributed by atoms with Crippen molar-refractivity contribution in [2.45, 2.75) is 25.6 Å². The summed E-state index contributed by atoms with van der Waals surface area (Å²) in [5.41, 5.74) is 0.972. The first-order valence-corrected chi connectivity index (χ1v) is 8.01. The number of hydrogen-bond acceptors (Lipinski definition) is 7. The first-order chi connectivity index (χ1) is 12.3. The summed E-state index contributed by atoms with van der Waals surface area (Å²) < 4.78 is 11.1. The van der Waals surface area contributed by atoms with Gasteiger partial charge in [-0.3, -0.25) is 0 Å². The van der Waals surface area contributed by atoms with Crippen LogP contribution in [0.4, 0.5) is 0 Å². The lowest BCUT2D eigenvalue weighted by atomic mass is 9.93. The highest BCUT2D eigenvalue weighted by atomic mass is 16.5. The largest absolute Gasteiger partial charge is 0.507 e. The van der Waals surface area contributed by atoms with E-state index in [1.807, 2.05) is 0 Å². The van der Waals surface area contributed by atoms with Gasteiger partial charge in [0.25, 0.3) is 0 Å². The monoisotopic (exact) mass is 356 g/mol. The third-order valence-electron chi connectivity index (χ3n) is 4.58. The Morgan fingerprint density at radius 1 is 1.04 bits per heavy atom. The van der Waals surface area contributed by atoms with Crippen LogP contribution in [0.2, 0.25) is 0 Å². The van der Waals surface area contributed by atoms with E-state index < -0.39 is 17.8 Å². The van der Waals surface area contributed by atoms with Gasteiger partial charge in [-0.2, -0.15) is 0 Å². The van der Waals surface area contributed by atoms with Crippen molar-refractivity contribution < 1.29 is 29.6 Å². The maximum Gasteiger partial charge on any atom is 0.339 e. The zero-order valence-electron chi connectivity index (χ0n) is 13.8. The van der Waals surface area contributed by atoms with Crippen molar-refractivity contribution in [2.24, 2.45) is 0 Å². The molecular weight excluding hydrogens is 340 g/mol. The highest BCUT2D eigenvalue weighted by Gasteiger charge is 2.33. The van der Waals surface area contributed by atoms with Crippen molar-refractivity contribution in [3.05, 3.63) is 57.4 Å². The van der Waals surface area contributed by atoms with E-state index in [4.69, 9.17) is 9.15 Å². The summed E-state index contributed by atoms with van der Waals surface area (Å²) in [6, 6.07) is 7.08. The van der Waals surface area contributed by atoms with Crippen LogP contribution in [0.15, 0.2) is 39.5 Å². The normalized spacial score (nSPS) is 19.2. The second kappa shape index (κ2) is 5.67. The summed E-state index contributed by atoms with van der Waals surface area (Å²) in [6.07, 6.45) is -1.67. The van der Waals surface area contributed by atoms with Crippen molar-refractivity contribution in [3.63, 3.8) is 0 Å². The summed E-state index contributed by atoms with van der Waals surface area (Å²) in [5, 5.41) is 40.3. The first-order valence-electron chi connectivity index (χ1n) is 8.01. The highest BCUT2D eigenvalue weighted by molar-refractivity contribution is 5.88. The highest BCUT2D eigenvalue weighted by Crippen LogP contribution is 2.43. The number of aliphatic hydroxyl groups is 1. The molecule has 0 fully saturated rings. The zero-order chi connectivity index (χ0) is 18.6. The fourth-order valence-electron chi connectivity index (χ4n) is 3.22. The lowest BCUT2D eigenvalue weighted by Gasteiger charge is -2.31. The SMILES string of the molecule is Cc1cc2c(O)cc3c(c2oc1=O)C[C@H](O)[C@@H](c1ccc(O)c(O)c1)O3. The molecular formula is C19H16O7. The zero-order valence-corrected chi connectivity index (χ0v) is 13.8. The van der Waals surface area contributed by atoms with E-state index in [-0.39, 0.29) is 35.0 Å². The number of fused-ring (bicyclic) bond motifs is 3. The van der Waals surface area contributed by atoms with Crippen LogP contribution >= 0.6 is 0 Å². The van der Waals surface area contributed by atoms with Crippen molar-refractivity contribution >= 4 is 11.0 Å². The van der Waals surface area contributed by atoms with Gasteiger partial charge in [-0.25, -0.2) is 4.79 Å². The maximum atomic E-state index is 11.9. The van der Waals surface area contributed by atoms with Gasteiger partial charge in [0.05, 0.1) is 11.5 Å². The van der Waals surface area contributed by atoms with Gasteiger partial charge in [-0.05, 0) is 30.7 Å². The Balaban J connectivity index is 1.85. The molecule has 1 aliphatic heterocycles. The summed E-state index contributed by atoms with van der Waals surface area (Å²) in [4.78, 5) is 11.9. The molecule has 4 N–H and O–H groups in total. The molecule has 0 radical (unpaired) electrons. The van der Waals surface area contributed by atoms with Gasteiger partial charge in [-0.1, -0.05) is 6.07 Å². The maximum absolute atomic E-state index is 11.9. The number of ether oxygens (including phenoxy) is 1. The number of benzene rings is 2. The molecule has 7 heteroatoms. The molecule has 0 unspecified atom stereocenters. The average molecular weight is 356 g/mol. The number of rotatable bonds is 1. The smallest absolute Gasteiger partial charge is 0.339 e. The van der Waals surface area contributed by atoms with Crippen LogP contribution < -0.4 is 10.4 Å². The minimum Gasteiger partial charge on any atom is -0.507 e. The predicted octanol–water partition coefficient (Wildman–Crippen LogP) is 2.26. The van der Waals surface area contributed by atoms with E-state index in [1.165, 1.54) is 30.3 Å². The topological polar surface area (TPSA) is 120 Å². The van der Waals surface area contributed by atoms with Crippen LogP contribution in [-0.4, -0.2) is 26.5 Å². The molecule has 3 aromatic rings. The van der Waals surface area contributed by atoms with E-state index in [0.29, 0.717) is 22.1 Å². The Kier molecular flexibility index (Phi) is 3.55. The summed E-state index contributed by atoms with van der Waals surface area (Å²) in [7, 11) is 0. The molecule has 2 atom stereocenters. The number of phenols is 3. The summed E-state index contributed by atoms with van der Waals surface area (Å²) >= 11 is 0. The van der Waals surface area contributed by atoms with Gasteiger partial charge < -0.3 is 29.6 Å². The molecule has 2 aromatic carbocycles. The lowest BCUT2D eigenvalue weighted by molar-refractivity contribution is 0.0207. The van der Waals surface area contributed by atoms with Crippen LogP contribution in [0.25, 0.3) is 11.0 Å². The third kappa shape index (κ3) is 2.44. The molecule has 1 aromatic heterocycles. The Morgan fingerprint density at radius 3 is 2.54 bits per heavy atom. The fourth-order valence-corrected chi connectivity index (χ4v) is 3.22. The molecule has 0 aliphatic carbocycles. The van der Waals surface area contributed by atoms with Gasteiger partial charge in [0.1, 0.15) is 23.2 Å². The Hall–Kier alpha value is -3.19. The number of aryl methyl sites for hydroxylation is 1. The van der Waals surface area contributed by atoms with Crippen LogP contribution in [0.1, 0.15) is 22.8 Å². The van der Waals surface area contributed by atoms with Gasteiger partial charge in [0, 0.05) is 23.6 Å². The Morgan fingerprint density at radius 2 is 1.81 bits per heavy atom.